The number of hydrogen-bond acceptors (Lipinski definition) is 3. The van der Waals surface area contributed by atoms with Crippen LogP contribution in [0.15, 0.2) is 85.1 Å². The Morgan fingerprint density at radius 3 is 2.24 bits per heavy atom. The van der Waals surface area contributed by atoms with Crippen molar-refractivity contribution in [2.24, 2.45) is 0 Å². The number of rotatable bonds is 8. The fraction of sp³-hybridized carbons (Fsp3) is 0.208. The first kappa shape index (κ1) is 20.3. The molecule has 2 amide bonds. The monoisotopic (exact) mass is 387 g/mol. The van der Waals surface area contributed by atoms with E-state index in [1.807, 2.05) is 78.9 Å². The van der Waals surface area contributed by atoms with Gasteiger partial charge in [-0.1, -0.05) is 66.7 Å². The van der Waals surface area contributed by atoms with Crippen LogP contribution in [0.1, 0.15) is 29.3 Å². The Bertz CT molecular complexity index is 875. The summed E-state index contributed by atoms with van der Waals surface area (Å²) in [5.74, 6) is -0.138. The lowest BCUT2D eigenvalue weighted by Crippen LogP contribution is -2.35. The zero-order valence-corrected chi connectivity index (χ0v) is 16.5. The molecule has 0 saturated carbocycles. The Morgan fingerprint density at radius 2 is 1.59 bits per heavy atom. The van der Waals surface area contributed by atoms with Crippen LogP contribution in [0, 0.1) is 0 Å². The molecule has 3 aromatic rings. The van der Waals surface area contributed by atoms with Crippen molar-refractivity contribution in [1.82, 2.24) is 15.2 Å². The van der Waals surface area contributed by atoms with Crippen molar-refractivity contribution >= 4 is 11.8 Å². The second-order valence-electron chi connectivity index (χ2n) is 6.83. The Balaban J connectivity index is 1.60. The molecule has 0 saturated heterocycles. The van der Waals surface area contributed by atoms with E-state index in [-0.39, 0.29) is 24.3 Å². The number of nitrogens with zero attached hydrogens (tertiary/aromatic N) is 2. The lowest BCUT2D eigenvalue weighted by Gasteiger charge is -2.28. The fourth-order valence-corrected chi connectivity index (χ4v) is 3.24. The SMILES string of the molecule is CN(C(=O)CCNC(=O)Cc1ccccc1)C(c1ccccc1)c1ccccn1. The van der Waals surface area contributed by atoms with Crippen LogP contribution in [0.4, 0.5) is 0 Å². The van der Waals surface area contributed by atoms with Gasteiger partial charge in [-0.25, -0.2) is 0 Å². The minimum Gasteiger partial charge on any atom is -0.355 e. The van der Waals surface area contributed by atoms with Crippen molar-refractivity contribution in [3.8, 4) is 0 Å². The predicted molar refractivity (Wildman–Crippen MR) is 113 cm³/mol. The first-order valence-electron chi connectivity index (χ1n) is 9.67. The number of pyridine rings is 1. The van der Waals surface area contributed by atoms with Crippen molar-refractivity contribution < 1.29 is 9.59 Å². The second-order valence-corrected chi connectivity index (χ2v) is 6.83. The predicted octanol–water partition coefficient (Wildman–Crippen LogP) is 3.38. The number of carbonyl (C=O) groups is 2. The molecule has 0 aliphatic carbocycles. The van der Waals surface area contributed by atoms with Gasteiger partial charge in [-0.15, -0.1) is 0 Å². The summed E-state index contributed by atoms with van der Waals surface area (Å²) in [5.41, 5.74) is 2.76. The first-order valence-corrected chi connectivity index (χ1v) is 9.67. The maximum atomic E-state index is 12.8. The number of carbonyl (C=O) groups excluding carboxylic acids is 2. The number of benzene rings is 2. The van der Waals surface area contributed by atoms with Crippen LogP contribution >= 0.6 is 0 Å². The zero-order valence-electron chi connectivity index (χ0n) is 16.5. The smallest absolute Gasteiger partial charge is 0.224 e. The van der Waals surface area contributed by atoms with Gasteiger partial charge in [0.05, 0.1) is 18.2 Å². The van der Waals surface area contributed by atoms with Gasteiger partial charge in [0.1, 0.15) is 0 Å². The highest BCUT2D eigenvalue weighted by Gasteiger charge is 2.24. The van der Waals surface area contributed by atoms with Crippen LogP contribution in [-0.2, 0) is 16.0 Å². The summed E-state index contributed by atoms with van der Waals surface area (Å²) in [7, 11) is 1.78. The third-order valence-electron chi connectivity index (χ3n) is 4.73. The van der Waals surface area contributed by atoms with Gasteiger partial charge in [0.2, 0.25) is 11.8 Å². The molecule has 1 atom stereocenters. The van der Waals surface area contributed by atoms with E-state index in [9.17, 15) is 9.59 Å². The van der Waals surface area contributed by atoms with Gasteiger partial charge in [0, 0.05) is 26.2 Å². The van der Waals surface area contributed by atoms with Crippen molar-refractivity contribution in [3.05, 3.63) is 102 Å². The molecule has 1 N–H and O–H groups in total. The van der Waals surface area contributed by atoms with E-state index in [1.54, 1.807) is 18.1 Å². The summed E-state index contributed by atoms with van der Waals surface area (Å²) >= 11 is 0. The van der Waals surface area contributed by atoms with Crippen LogP contribution in [0.3, 0.4) is 0 Å². The van der Waals surface area contributed by atoms with Crippen LogP contribution < -0.4 is 5.32 Å². The molecule has 0 radical (unpaired) electrons. The first-order chi connectivity index (χ1) is 14.1. The highest BCUT2D eigenvalue weighted by atomic mass is 16.2. The lowest BCUT2D eigenvalue weighted by atomic mass is 10.0. The molecule has 0 spiro atoms. The van der Waals surface area contributed by atoms with E-state index in [1.165, 1.54) is 0 Å². The average molecular weight is 387 g/mol. The molecule has 0 fully saturated rings. The van der Waals surface area contributed by atoms with Gasteiger partial charge < -0.3 is 10.2 Å². The maximum absolute atomic E-state index is 12.8. The largest absolute Gasteiger partial charge is 0.355 e. The molecule has 2 aromatic carbocycles. The van der Waals surface area contributed by atoms with Gasteiger partial charge in [-0.3, -0.25) is 14.6 Å². The summed E-state index contributed by atoms with van der Waals surface area (Å²) in [6.45, 7) is 0.304. The summed E-state index contributed by atoms with van der Waals surface area (Å²) in [4.78, 5) is 31.1. The number of amides is 2. The lowest BCUT2D eigenvalue weighted by molar-refractivity contribution is -0.131. The quantitative estimate of drug-likeness (QED) is 0.645. The van der Waals surface area contributed by atoms with Gasteiger partial charge in [0.15, 0.2) is 0 Å². The molecule has 0 aliphatic rings. The topological polar surface area (TPSA) is 62.3 Å². The minimum atomic E-state index is -0.273. The van der Waals surface area contributed by atoms with Crippen LogP contribution in [0.5, 0.6) is 0 Å². The van der Waals surface area contributed by atoms with Gasteiger partial charge in [-0.2, -0.15) is 0 Å². The van der Waals surface area contributed by atoms with E-state index in [4.69, 9.17) is 0 Å². The molecule has 5 heteroatoms. The second kappa shape index (κ2) is 10.2. The Kier molecular flexibility index (Phi) is 7.11. The standard InChI is InChI=1S/C24H25N3O2/c1-27(23(29)15-17-26-22(28)18-19-10-4-2-5-11-19)24(20-12-6-3-7-13-20)21-14-8-9-16-25-21/h2-14,16,24H,15,17-18H2,1H3,(H,26,28). The van der Waals surface area contributed by atoms with Crippen molar-refractivity contribution in [1.29, 1.82) is 0 Å². The Hall–Kier alpha value is -3.47. The highest BCUT2D eigenvalue weighted by molar-refractivity contribution is 5.80. The normalized spacial score (nSPS) is 11.5. The fourth-order valence-electron chi connectivity index (χ4n) is 3.24. The number of nitrogens with one attached hydrogen (secondary N) is 1. The van der Waals surface area contributed by atoms with E-state index >= 15 is 0 Å². The molecular formula is C24H25N3O2. The van der Waals surface area contributed by atoms with E-state index in [2.05, 4.69) is 10.3 Å². The molecule has 0 aliphatic heterocycles. The highest BCUT2D eigenvalue weighted by Crippen LogP contribution is 2.26. The summed E-state index contributed by atoms with van der Waals surface area (Å²) < 4.78 is 0. The molecule has 1 aromatic heterocycles. The molecule has 3 rings (SSSR count). The number of aromatic nitrogens is 1. The van der Waals surface area contributed by atoms with E-state index < -0.39 is 0 Å². The van der Waals surface area contributed by atoms with Crippen LogP contribution in [0.25, 0.3) is 0 Å². The van der Waals surface area contributed by atoms with Gasteiger partial charge >= 0.3 is 0 Å². The maximum Gasteiger partial charge on any atom is 0.224 e. The van der Waals surface area contributed by atoms with Gasteiger partial charge in [-0.05, 0) is 23.3 Å². The minimum absolute atomic E-state index is 0.0514. The van der Waals surface area contributed by atoms with Gasteiger partial charge in [0.25, 0.3) is 0 Å². The summed E-state index contributed by atoms with van der Waals surface area (Å²) in [6.07, 6.45) is 2.27. The van der Waals surface area contributed by atoms with E-state index in [0.29, 0.717) is 13.0 Å². The molecule has 0 bridgehead atoms. The third kappa shape index (κ3) is 5.75. The molecule has 5 nitrogen and oxygen atoms in total. The van der Waals surface area contributed by atoms with Crippen molar-refractivity contribution in [2.45, 2.75) is 18.9 Å². The molecule has 1 unspecified atom stereocenters. The zero-order chi connectivity index (χ0) is 20.5. The summed E-state index contributed by atoms with van der Waals surface area (Å²) in [6, 6.07) is 24.8. The molecule has 148 valence electrons. The average Bonchev–Trinajstić information content (AvgIpc) is 2.76. The summed E-state index contributed by atoms with van der Waals surface area (Å²) in [5, 5.41) is 2.83. The molecular weight excluding hydrogens is 362 g/mol. The van der Waals surface area contributed by atoms with Crippen LogP contribution in [0.2, 0.25) is 0 Å². The number of hydrogen-bond donors (Lipinski definition) is 1. The van der Waals surface area contributed by atoms with Crippen molar-refractivity contribution in [3.63, 3.8) is 0 Å². The van der Waals surface area contributed by atoms with Crippen molar-refractivity contribution in [2.75, 3.05) is 13.6 Å². The Morgan fingerprint density at radius 1 is 0.931 bits per heavy atom. The molecule has 1 heterocycles. The Labute approximate surface area is 171 Å². The molecule has 29 heavy (non-hydrogen) atoms. The van der Waals surface area contributed by atoms with E-state index in [0.717, 1.165) is 16.8 Å². The van der Waals surface area contributed by atoms with Crippen LogP contribution in [-0.4, -0.2) is 35.3 Å². The third-order valence-corrected chi connectivity index (χ3v) is 4.73.